The summed E-state index contributed by atoms with van der Waals surface area (Å²) < 4.78 is 10.7. The third-order valence-corrected chi connectivity index (χ3v) is 3.25. The van der Waals surface area contributed by atoms with E-state index < -0.39 is 18.2 Å². The van der Waals surface area contributed by atoms with Crippen molar-refractivity contribution in [2.45, 2.75) is 32.2 Å². The molecular weight excluding hydrogens is 280 g/mol. The number of ether oxygens (including phenoxy) is 2. The number of carbonyl (C=O) groups excluding carboxylic acids is 1. The van der Waals surface area contributed by atoms with Gasteiger partial charge in [0, 0.05) is 0 Å². The Morgan fingerprint density at radius 3 is 2.27 bits per heavy atom. The molecule has 116 valence electrons. The SMILES string of the molecule is C[C@H](OCc1ccccc1)C(O)CC(=O)Oc1ccccc1. The number of esters is 1. The monoisotopic (exact) mass is 300 g/mol. The molecule has 2 aromatic carbocycles. The van der Waals surface area contributed by atoms with Crippen LogP contribution in [0.5, 0.6) is 5.75 Å². The lowest BCUT2D eigenvalue weighted by atomic mass is 10.1. The van der Waals surface area contributed by atoms with Gasteiger partial charge in [0.25, 0.3) is 0 Å². The Balaban J connectivity index is 1.76. The molecule has 0 bridgehead atoms. The number of aliphatic hydroxyl groups is 1. The maximum atomic E-state index is 11.8. The molecule has 0 aliphatic carbocycles. The summed E-state index contributed by atoms with van der Waals surface area (Å²) in [7, 11) is 0. The second kappa shape index (κ2) is 8.32. The van der Waals surface area contributed by atoms with Gasteiger partial charge in [-0.15, -0.1) is 0 Å². The summed E-state index contributed by atoms with van der Waals surface area (Å²) in [6.45, 7) is 2.14. The van der Waals surface area contributed by atoms with E-state index in [4.69, 9.17) is 9.47 Å². The molecule has 22 heavy (non-hydrogen) atoms. The first-order chi connectivity index (χ1) is 10.6. The Labute approximate surface area is 130 Å². The summed E-state index contributed by atoms with van der Waals surface area (Å²) in [6, 6.07) is 18.5. The highest BCUT2D eigenvalue weighted by Gasteiger charge is 2.20. The highest BCUT2D eigenvalue weighted by atomic mass is 16.5. The lowest BCUT2D eigenvalue weighted by Gasteiger charge is -2.19. The zero-order valence-corrected chi connectivity index (χ0v) is 12.5. The molecule has 2 rings (SSSR count). The van der Waals surface area contributed by atoms with Gasteiger partial charge in [-0.2, -0.15) is 0 Å². The highest BCUT2D eigenvalue weighted by molar-refractivity contribution is 5.72. The van der Waals surface area contributed by atoms with Gasteiger partial charge in [-0.1, -0.05) is 48.5 Å². The highest BCUT2D eigenvalue weighted by Crippen LogP contribution is 2.12. The lowest BCUT2D eigenvalue weighted by molar-refractivity contribution is -0.139. The number of rotatable bonds is 7. The summed E-state index contributed by atoms with van der Waals surface area (Å²) in [5.74, 6) is -0.00795. The molecule has 1 N–H and O–H groups in total. The molecule has 0 fully saturated rings. The first-order valence-electron chi connectivity index (χ1n) is 7.24. The molecule has 4 nitrogen and oxygen atoms in total. The van der Waals surface area contributed by atoms with Gasteiger partial charge < -0.3 is 14.6 Å². The largest absolute Gasteiger partial charge is 0.426 e. The van der Waals surface area contributed by atoms with Gasteiger partial charge in [0.15, 0.2) is 0 Å². The number of aliphatic hydroxyl groups excluding tert-OH is 1. The minimum Gasteiger partial charge on any atom is -0.426 e. The predicted molar refractivity (Wildman–Crippen MR) is 83.4 cm³/mol. The molecule has 0 saturated heterocycles. The maximum Gasteiger partial charge on any atom is 0.313 e. The van der Waals surface area contributed by atoms with Crippen molar-refractivity contribution in [3.8, 4) is 5.75 Å². The van der Waals surface area contributed by atoms with E-state index in [-0.39, 0.29) is 6.42 Å². The first kappa shape index (κ1) is 16.2. The second-order valence-electron chi connectivity index (χ2n) is 5.06. The third kappa shape index (κ3) is 5.31. The fraction of sp³-hybridized carbons (Fsp3) is 0.278. The molecule has 1 unspecified atom stereocenters. The van der Waals surface area contributed by atoms with E-state index in [9.17, 15) is 9.90 Å². The van der Waals surface area contributed by atoms with E-state index in [0.29, 0.717) is 12.4 Å². The van der Waals surface area contributed by atoms with Crippen molar-refractivity contribution in [1.29, 1.82) is 0 Å². The van der Waals surface area contributed by atoms with Crippen LogP contribution in [0.15, 0.2) is 60.7 Å². The topological polar surface area (TPSA) is 55.8 Å². The van der Waals surface area contributed by atoms with E-state index in [0.717, 1.165) is 5.56 Å². The van der Waals surface area contributed by atoms with E-state index in [1.807, 2.05) is 36.4 Å². The minimum absolute atomic E-state index is 0.106. The van der Waals surface area contributed by atoms with Crippen molar-refractivity contribution in [2.75, 3.05) is 0 Å². The Bertz CT molecular complexity index is 568. The summed E-state index contributed by atoms with van der Waals surface area (Å²) in [4.78, 5) is 11.8. The third-order valence-electron chi connectivity index (χ3n) is 3.25. The van der Waals surface area contributed by atoms with Gasteiger partial charge >= 0.3 is 5.97 Å². The minimum atomic E-state index is -0.903. The Morgan fingerprint density at radius 2 is 1.64 bits per heavy atom. The first-order valence-corrected chi connectivity index (χ1v) is 7.24. The van der Waals surface area contributed by atoms with Crippen LogP contribution in [-0.2, 0) is 16.1 Å². The van der Waals surface area contributed by atoms with Gasteiger partial charge in [-0.3, -0.25) is 4.79 Å². The van der Waals surface area contributed by atoms with Crippen LogP contribution in [0.4, 0.5) is 0 Å². The molecular formula is C18H20O4. The second-order valence-corrected chi connectivity index (χ2v) is 5.06. The average molecular weight is 300 g/mol. The predicted octanol–water partition coefficient (Wildman–Crippen LogP) is 2.95. The average Bonchev–Trinajstić information content (AvgIpc) is 2.54. The van der Waals surface area contributed by atoms with E-state index in [2.05, 4.69) is 0 Å². The Hall–Kier alpha value is -2.17. The van der Waals surface area contributed by atoms with Crippen molar-refractivity contribution in [2.24, 2.45) is 0 Å². The van der Waals surface area contributed by atoms with Crippen LogP contribution in [0.2, 0.25) is 0 Å². The molecule has 0 radical (unpaired) electrons. The van der Waals surface area contributed by atoms with Crippen LogP contribution < -0.4 is 4.74 Å². The summed E-state index contributed by atoms with van der Waals surface area (Å²) in [5, 5.41) is 10.0. The summed E-state index contributed by atoms with van der Waals surface area (Å²) >= 11 is 0. The van der Waals surface area contributed by atoms with Crippen molar-refractivity contribution in [1.82, 2.24) is 0 Å². The normalized spacial score (nSPS) is 13.4. The van der Waals surface area contributed by atoms with Gasteiger partial charge in [0.2, 0.25) is 0 Å². The van der Waals surface area contributed by atoms with E-state index >= 15 is 0 Å². The lowest BCUT2D eigenvalue weighted by Crippen LogP contribution is -2.30. The number of para-hydroxylation sites is 1. The fourth-order valence-corrected chi connectivity index (χ4v) is 1.91. The van der Waals surface area contributed by atoms with Crippen LogP contribution in [0.25, 0.3) is 0 Å². The van der Waals surface area contributed by atoms with Crippen molar-refractivity contribution in [3.63, 3.8) is 0 Å². The fourth-order valence-electron chi connectivity index (χ4n) is 1.91. The molecule has 0 saturated carbocycles. The smallest absolute Gasteiger partial charge is 0.313 e. The van der Waals surface area contributed by atoms with E-state index in [1.165, 1.54) is 0 Å². The number of hydrogen-bond acceptors (Lipinski definition) is 4. The summed E-state index contributed by atoms with van der Waals surface area (Å²) in [6.07, 6.45) is -1.46. The van der Waals surface area contributed by atoms with Crippen LogP contribution >= 0.6 is 0 Å². The van der Waals surface area contributed by atoms with Gasteiger partial charge in [0.1, 0.15) is 5.75 Å². The zero-order chi connectivity index (χ0) is 15.8. The molecule has 4 heteroatoms. The number of benzene rings is 2. The Kier molecular flexibility index (Phi) is 6.13. The molecule has 0 heterocycles. The zero-order valence-electron chi connectivity index (χ0n) is 12.5. The molecule has 0 spiro atoms. The molecule has 0 aliphatic heterocycles. The number of carbonyl (C=O) groups is 1. The van der Waals surface area contributed by atoms with E-state index in [1.54, 1.807) is 31.2 Å². The number of hydrogen-bond donors (Lipinski definition) is 1. The molecule has 0 amide bonds. The van der Waals surface area contributed by atoms with Crippen molar-refractivity contribution >= 4 is 5.97 Å². The van der Waals surface area contributed by atoms with Gasteiger partial charge in [-0.25, -0.2) is 0 Å². The van der Waals surface area contributed by atoms with Gasteiger partial charge in [0.05, 0.1) is 25.2 Å². The van der Waals surface area contributed by atoms with Crippen LogP contribution in [-0.4, -0.2) is 23.3 Å². The maximum absolute atomic E-state index is 11.8. The van der Waals surface area contributed by atoms with Crippen molar-refractivity contribution < 1.29 is 19.4 Å². The van der Waals surface area contributed by atoms with Crippen LogP contribution in [0.1, 0.15) is 18.9 Å². The van der Waals surface area contributed by atoms with Crippen molar-refractivity contribution in [3.05, 3.63) is 66.2 Å². The van der Waals surface area contributed by atoms with Crippen LogP contribution in [0.3, 0.4) is 0 Å². The molecule has 2 aromatic rings. The quantitative estimate of drug-likeness (QED) is 0.631. The molecule has 0 aliphatic rings. The molecule has 0 aromatic heterocycles. The standard InChI is InChI=1S/C18H20O4/c1-14(21-13-15-8-4-2-5-9-15)17(19)12-18(20)22-16-10-6-3-7-11-16/h2-11,14,17,19H,12-13H2,1H3/t14-,17?/m0/s1. The van der Waals surface area contributed by atoms with Gasteiger partial charge in [-0.05, 0) is 24.6 Å². The summed E-state index contributed by atoms with van der Waals surface area (Å²) in [5.41, 5.74) is 1.02. The van der Waals surface area contributed by atoms with Crippen LogP contribution in [0, 0.1) is 0 Å². The Morgan fingerprint density at radius 1 is 1.05 bits per heavy atom. The molecule has 2 atom stereocenters.